The van der Waals surface area contributed by atoms with E-state index in [0.717, 1.165) is 40.9 Å². The van der Waals surface area contributed by atoms with Crippen LogP contribution in [-0.4, -0.2) is 29.9 Å². The number of anilines is 1. The Balaban J connectivity index is 2.15. The SMILES string of the molecule is COc1ccc2c3c(cn2C(=O)OC(C)(C)C)CCNc13. The van der Waals surface area contributed by atoms with E-state index in [0.29, 0.717) is 0 Å². The van der Waals surface area contributed by atoms with Crippen LogP contribution in [0.2, 0.25) is 0 Å². The fourth-order valence-corrected chi connectivity index (χ4v) is 2.71. The predicted molar refractivity (Wildman–Crippen MR) is 82.3 cm³/mol. The van der Waals surface area contributed by atoms with Gasteiger partial charge in [0.1, 0.15) is 11.4 Å². The van der Waals surface area contributed by atoms with Gasteiger partial charge in [0.2, 0.25) is 0 Å². The predicted octanol–water partition coefficient (Wildman–Crippen LogP) is 3.40. The number of nitrogens with zero attached hydrogens (tertiary/aromatic N) is 1. The largest absolute Gasteiger partial charge is 0.495 e. The number of benzene rings is 1. The maximum atomic E-state index is 12.4. The average Bonchev–Trinajstić information content (AvgIpc) is 2.78. The van der Waals surface area contributed by atoms with Gasteiger partial charge in [-0.1, -0.05) is 0 Å². The molecule has 0 unspecified atom stereocenters. The molecule has 2 heterocycles. The van der Waals surface area contributed by atoms with Gasteiger partial charge in [-0.05, 0) is 44.9 Å². The van der Waals surface area contributed by atoms with Crippen molar-refractivity contribution in [3.05, 3.63) is 23.9 Å². The van der Waals surface area contributed by atoms with E-state index >= 15 is 0 Å². The summed E-state index contributed by atoms with van der Waals surface area (Å²) in [5, 5.41) is 4.40. The summed E-state index contributed by atoms with van der Waals surface area (Å²) in [6, 6.07) is 3.78. The second-order valence-corrected chi connectivity index (χ2v) is 6.22. The summed E-state index contributed by atoms with van der Waals surface area (Å²) in [6.07, 6.45) is 2.41. The third-order valence-corrected chi connectivity index (χ3v) is 3.52. The second-order valence-electron chi connectivity index (χ2n) is 6.22. The van der Waals surface area contributed by atoms with Gasteiger partial charge >= 0.3 is 6.09 Å². The molecule has 0 saturated carbocycles. The number of carbonyl (C=O) groups excluding carboxylic acids is 1. The van der Waals surface area contributed by atoms with Crippen LogP contribution < -0.4 is 10.1 Å². The third-order valence-electron chi connectivity index (χ3n) is 3.52. The van der Waals surface area contributed by atoms with Gasteiger partial charge in [0, 0.05) is 18.1 Å². The van der Waals surface area contributed by atoms with E-state index in [1.165, 1.54) is 0 Å². The minimum Gasteiger partial charge on any atom is -0.495 e. The number of hydrogen-bond acceptors (Lipinski definition) is 4. The summed E-state index contributed by atoms with van der Waals surface area (Å²) in [5.41, 5.74) is 2.44. The fraction of sp³-hybridized carbons (Fsp3) is 0.438. The highest BCUT2D eigenvalue weighted by atomic mass is 16.6. The molecular weight excluding hydrogens is 268 g/mol. The van der Waals surface area contributed by atoms with Crippen LogP contribution >= 0.6 is 0 Å². The smallest absolute Gasteiger partial charge is 0.419 e. The van der Waals surface area contributed by atoms with Crippen molar-refractivity contribution in [2.45, 2.75) is 32.8 Å². The van der Waals surface area contributed by atoms with E-state index < -0.39 is 5.60 Å². The summed E-state index contributed by atoms with van der Waals surface area (Å²) >= 11 is 0. The van der Waals surface area contributed by atoms with Crippen molar-refractivity contribution in [1.29, 1.82) is 0 Å². The third kappa shape index (κ3) is 2.33. The Morgan fingerprint density at radius 3 is 2.76 bits per heavy atom. The molecule has 0 amide bonds. The molecule has 0 bridgehead atoms. The monoisotopic (exact) mass is 288 g/mol. The lowest BCUT2D eigenvalue weighted by Crippen LogP contribution is -2.26. The van der Waals surface area contributed by atoms with Crippen molar-refractivity contribution in [2.75, 3.05) is 19.0 Å². The molecule has 5 nitrogen and oxygen atoms in total. The number of rotatable bonds is 1. The zero-order valence-electron chi connectivity index (χ0n) is 12.8. The Bertz CT molecular complexity index is 710. The first-order valence-corrected chi connectivity index (χ1v) is 7.09. The molecule has 2 aromatic rings. The highest BCUT2D eigenvalue weighted by Crippen LogP contribution is 2.39. The summed E-state index contributed by atoms with van der Waals surface area (Å²) < 4.78 is 12.5. The first-order valence-electron chi connectivity index (χ1n) is 7.09. The molecule has 5 heteroatoms. The lowest BCUT2D eigenvalue weighted by molar-refractivity contribution is 0.0544. The van der Waals surface area contributed by atoms with Gasteiger partial charge in [-0.15, -0.1) is 0 Å². The maximum Gasteiger partial charge on any atom is 0.419 e. The molecular formula is C16H20N2O3. The first kappa shape index (κ1) is 13.8. The number of aromatic nitrogens is 1. The van der Waals surface area contributed by atoms with Crippen molar-refractivity contribution < 1.29 is 14.3 Å². The number of hydrogen-bond donors (Lipinski definition) is 1. The minimum atomic E-state index is -0.512. The molecule has 1 aromatic heterocycles. The molecule has 1 N–H and O–H groups in total. The van der Waals surface area contributed by atoms with Crippen LogP contribution in [0.15, 0.2) is 18.3 Å². The average molecular weight is 288 g/mol. The molecule has 0 saturated heterocycles. The van der Waals surface area contributed by atoms with Crippen molar-refractivity contribution in [3.8, 4) is 5.75 Å². The van der Waals surface area contributed by atoms with Crippen LogP contribution in [0.25, 0.3) is 10.9 Å². The van der Waals surface area contributed by atoms with Crippen LogP contribution in [0, 0.1) is 0 Å². The molecule has 0 radical (unpaired) electrons. The molecule has 0 fully saturated rings. The second kappa shape index (κ2) is 4.69. The van der Waals surface area contributed by atoms with E-state index in [1.54, 1.807) is 11.7 Å². The molecule has 0 atom stereocenters. The van der Waals surface area contributed by atoms with Gasteiger partial charge in [-0.25, -0.2) is 4.79 Å². The zero-order valence-corrected chi connectivity index (χ0v) is 12.8. The fourth-order valence-electron chi connectivity index (χ4n) is 2.71. The molecule has 3 rings (SSSR count). The first-order chi connectivity index (χ1) is 9.90. The minimum absolute atomic E-state index is 0.350. The molecule has 0 aliphatic carbocycles. The topological polar surface area (TPSA) is 52.5 Å². The van der Waals surface area contributed by atoms with Crippen molar-refractivity contribution in [3.63, 3.8) is 0 Å². The van der Waals surface area contributed by atoms with Crippen molar-refractivity contribution in [1.82, 2.24) is 4.57 Å². The van der Waals surface area contributed by atoms with Crippen LogP contribution in [0.1, 0.15) is 26.3 Å². The molecule has 112 valence electrons. The number of nitrogens with one attached hydrogen (secondary N) is 1. The number of carbonyl (C=O) groups is 1. The van der Waals surface area contributed by atoms with Gasteiger partial charge in [-0.3, -0.25) is 4.57 Å². The molecule has 1 aliphatic heterocycles. The Morgan fingerprint density at radius 1 is 1.33 bits per heavy atom. The van der Waals surface area contributed by atoms with E-state index in [2.05, 4.69) is 5.32 Å². The summed E-state index contributed by atoms with van der Waals surface area (Å²) in [6.45, 7) is 6.43. The van der Waals surface area contributed by atoms with Gasteiger partial charge in [-0.2, -0.15) is 0 Å². The van der Waals surface area contributed by atoms with E-state index in [9.17, 15) is 4.79 Å². The zero-order chi connectivity index (χ0) is 15.2. The Kier molecular flexibility index (Phi) is 3.08. The van der Waals surface area contributed by atoms with Gasteiger partial charge in [0.15, 0.2) is 0 Å². The molecule has 1 aliphatic rings. The molecule has 1 aromatic carbocycles. The standard InChI is InChI=1S/C16H20N2O3/c1-16(2,3)21-15(19)18-9-10-7-8-17-14-12(20-4)6-5-11(18)13(10)14/h5-6,9,17H,7-8H2,1-4H3. The Morgan fingerprint density at radius 2 is 2.10 bits per heavy atom. The summed E-state index contributed by atoms with van der Waals surface area (Å²) in [4.78, 5) is 12.4. The Labute approximate surface area is 123 Å². The highest BCUT2D eigenvalue weighted by molar-refractivity contribution is 6.02. The maximum absolute atomic E-state index is 12.4. The van der Waals surface area contributed by atoms with Crippen LogP contribution in [-0.2, 0) is 11.2 Å². The lowest BCUT2D eigenvalue weighted by atomic mass is 10.0. The Hall–Kier alpha value is -2.17. The van der Waals surface area contributed by atoms with Crippen LogP contribution in [0.4, 0.5) is 10.5 Å². The molecule has 0 spiro atoms. The molecule has 21 heavy (non-hydrogen) atoms. The van der Waals surface area contributed by atoms with Gasteiger partial charge in [0.05, 0.1) is 18.3 Å². The van der Waals surface area contributed by atoms with E-state index in [-0.39, 0.29) is 6.09 Å². The highest BCUT2D eigenvalue weighted by Gasteiger charge is 2.24. The normalized spacial score (nSPS) is 13.9. The van der Waals surface area contributed by atoms with Crippen LogP contribution in [0.3, 0.4) is 0 Å². The van der Waals surface area contributed by atoms with E-state index in [1.807, 2.05) is 39.1 Å². The van der Waals surface area contributed by atoms with Crippen molar-refractivity contribution >= 4 is 22.7 Å². The quantitative estimate of drug-likeness (QED) is 0.873. The van der Waals surface area contributed by atoms with Crippen LogP contribution in [0.5, 0.6) is 5.75 Å². The van der Waals surface area contributed by atoms with Crippen molar-refractivity contribution in [2.24, 2.45) is 0 Å². The number of methoxy groups -OCH3 is 1. The van der Waals surface area contributed by atoms with Gasteiger partial charge in [0.25, 0.3) is 0 Å². The number of ether oxygens (including phenoxy) is 2. The van der Waals surface area contributed by atoms with E-state index in [4.69, 9.17) is 9.47 Å². The summed E-state index contributed by atoms with van der Waals surface area (Å²) in [7, 11) is 1.65. The van der Waals surface area contributed by atoms with Gasteiger partial charge < -0.3 is 14.8 Å². The summed E-state index contributed by atoms with van der Waals surface area (Å²) in [5.74, 6) is 0.797. The lowest BCUT2D eigenvalue weighted by Gasteiger charge is -2.20.